The highest BCUT2D eigenvalue weighted by Crippen LogP contribution is 2.26. The first-order valence-corrected chi connectivity index (χ1v) is 9.74. The van der Waals surface area contributed by atoms with Crippen LogP contribution in [0.2, 0.25) is 5.02 Å². The number of hydrogen-bond acceptors (Lipinski definition) is 5. The summed E-state index contributed by atoms with van der Waals surface area (Å²) in [5, 5.41) is 6.12. The van der Waals surface area contributed by atoms with Crippen molar-refractivity contribution in [1.29, 1.82) is 0 Å². The zero-order chi connectivity index (χ0) is 20.5. The summed E-state index contributed by atoms with van der Waals surface area (Å²) in [4.78, 5) is 37.7. The molecule has 0 unspecified atom stereocenters. The van der Waals surface area contributed by atoms with Gasteiger partial charge in [-0.05, 0) is 43.4 Å². The summed E-state index contributed by atoms with van der Waals surface area (Å²) in [7, 11) is 1.68. The average Bonchev–Trinajstić information content (AvgIpc) is 2.62. The molecule has 7 nitrogen and oxygen atoms in total. The van der Waals surface area contributed by atoms with E-state index in [0.29, 0.717) is 16.4 Å². The summed E-state index contributed by atoms with van der Waals surface area (Å²) >= 11 is 7.07. The maximum atomic E-state index is 12.3. The number of amides is 3. The third-order valence-electron chi connectivity index (χ3n) is 3.49. The number of carbonyl (C=O) groups excluding carboxylic acids is 3. The Bertz CT molecular complexity index is 845. The molecule has 0 spiro atoms. The second kappa shape index (κ2) is 10.7. The Morgan fingerprint density at radius 2 is 1.61 bits per heavy atom. The maximum Gasteiger partial charge on any atom is 0.238 e. The van der Waals surface area contributed by atoms with Crippen molar-refractivity contribution < 1.29 is 14.4 Å². The van der Waals surface area contributed by atoms with Crippen LogP contribution in [0.5, 0.6) is 0 Å². The van der Waals surface area contributed by atoms with E-state index in [0.717, 1.165) is 4.90 Å². The van der Waals surface area contributed by atoms with Gasteiger partial charge in [0.15, 0.2) is 0 Å². The number of benzene rings is 2. The number of nitrogens with two attached hydrogens (primary N) is 1. The number of anilines is 2. The SMILES string of the molecule is CN(CC(=O)Nc1ccc(Cl)cc1)CC(=O)Nc1ccccc1SCC(N)=O. The number of nitrogens with zero attached hydrogens (tertiary/aromatic N) is 1. The molecule has 28 heavy (non-hydrogen) atoms. The van der Waals surface area contributed by atoms with Gasteiger partial charge >= 0.3 is 0 Å². The fourth-order valence-corrected chi connectivity index (χ4v) is 3.19. The van der Waals surface area contributed by atoms with Crippen molar-refractivity contribution in [3.8, 4) is 0 Å². The molecule has 2 rings (SSSR count). The molecule has 0 bridgehead atoms. The van der Waals surface area contributed by atoms with E-state index >= 15 is 0 Å². The van der Waals surface area contributed by atoms with Crippen LogP contribution in [-0.4, -0.2) is 48.5 Å². The third kappa shape index (κ3) is 7.59. The van der Waals surface area contributed by atoms with Gasteiger partial charge in [0, 0.05) is 15.6 Å². The monoisotopic (exact) mass is 420 g/mol. The predicted molar refractivity (Wildman–Crippen MR) is 113 cm³/mol. The normalized spacial score (nSPS) is 10.5. The second-order valence-corrected chi connectivity index (χ2v) is 7.48. The molecule has 0 fully saturated rings. The van der Waals surface area contributed by atoms with Gasteiger partial charge in [0.2, 0.25) is 17.7 Å². The van der Waals surface area contributed by atoms with Crippen LogP contribution in [0.1, 0.15) is 0 Å². The van der Waals surface area contributed by atoms with E-state index in [1.807, 2.05) is 6.07 Å². The van der Waals surface area contributed by atoms with Crippen molar-refractivity contribution in [2.75, 3.05) is 36.5 Å². The van der Waals surface area contributed by atoms with Gasteiger partial charge in [-0.1, -0.05) is 23.7 Å². The number of likely N-dealkylation sites (N-methyl/N-ethyl adjacent to an activating group) is 1. The van der Waals surface area contributed by atoms with Crippen molar-refractivity contribution in [2.24, 2.45) is 5.73 Å². The molecule has 0 aliphatic carbocycles. The number of halogens is 1. The van der Waals surface area contributed by atoms with Gasteiger partial charge in [0.25, 0.3) is 0 Å². The molecule has 148 valence electrons. The first-order valence-electron chi connectivity index (χ1n) is 8.37. The lowest BCUT2D eigenvalue weighted by Gasteiger charge is -2.17. The topological polar surface area (TPSA) is 105 Å². The van der Waals surface area contributed by atoms with Gasteiger partial charge < -0.3 is 16.4 Å². The average molecular weight is 421 g/mol. The standard InChI is InChI=1S/C19H21ClN4O3S/c1-24(10-18(26)22-14-8-6-13(20)7-9-14)11-19(27)23-15-4-2-3-5-16(15)28-12-17(21)25/h2-9H,10-12H2,1H3,(H2,21,25)(H,22,26)(H,23,27). The van der Waals surface area contributed by atoms with Crippen LogP contribution >= 0.6 is 23.4 Å². The summed E-state index contributed by atoms with van der Waals surface area (Å²) < 4.78 is 0. The Morgan fingerprint density at radius 3 is 2.25 bits per heavy atom. The van der Waals surface area contributed by atoms with Crippen LogP contribution in [0, 0.1) is 0 Å². The molecule has 3 amide bonds. The summed E-state index contributed by atoms with van der Waals surface area (Å²) in [6.07, 6.45) is 0. The van der Waals surface area contributed by atoms with E-state index in [9.17, 15) is 14.4 Å². The predicted octanol–water partition coefficient (Wildman–Crippen LogP) is 2.43. The number of nitrogens with one attached hydrogen (secondary N) is 2. The summed E-state index contributed by atoms with van der Waals surface area (Å²) in [5.74, 6) is -0.820. The molecule has 4 N–H and O–H groups in total. The van der Waals surface area contributed by atoms with Gasteiger partial charge in [-0.2, -0.15) is 0 Å². The lowest BCUT2D eigenvalue weighted by Crippen LogP contribution is -2.36. The van der Waals surface area contributed by atoms with Crippen LogP contribution in [0.3, 0.4) is 0 Å². The van der Waals surface area contributed by atoms with Gasteiger partial charge in [0.1, 0.15) is 0 Å². The van der Waals surface area contributed by atoms with E-state index < -0.39 is 5.91 Å². The Hall–Kier alpha value is -2.55. The molecule has 2 aromatic rings. The van der Waals surface area contributed by atoms with E-state index in [4.69, 9.17) is 17.3 Å². The van der Waals surface area contributed by atoms with Crippen molar-refractivity contribution in [2.45, 2.75) is 4.90 Å². The highest BCUT2D eigenvalue weighted by Gasteiger charge is 2.13. The second-order valence-electron chi connectivity index (χ2n) is 6.03. The zero-order valence-corrected chi connectivity index (χ0v) is 16.8. The van der Waals surface area contributed by atoms with E-state index in [1.54, 1.807) is 54.4 Å². The van der Waals surface area contributed by atoms with Gasteiger partial charge in [-0.3, -0.25) is 19.3 Å². The van der Waals surface area contributed by atoms with Crippen molar-refractivity contribution in [3.63, 3.8) is 0 Å². The van der Waals surface area contributed by atoms with Crippen LogP contribution in [0.4, 0.5) is 11.4 Å². The van der Waals surface area contributed by atoms with Gasteiger partial charge in [-0.15, -0.1) is 11.8 Å². The van der Waals surface area contributed by atoms with Crippen LogP contribution in [-0.2, 0) is 14.4 Å². The molecular weight excluding hydrogens is 400 g/mol. The number of hydrogen-bond donors (Lipinski definition) is 3. The van der Waals surface area contributed by atoms with Crippen molar-refractivity contribution >= 4 is 52.5 Å². The van der Waals surface area contributed by atoms with Crippen molar-refractivity contribution in [1.82, 2.24) is 4.90 Å². The molecule has 0 aliphatic heterocycles. The van der Waals surface area contributed by atoms with Crippen LogP contribution in [0.25, 0.3) is 0 Å². The van der Waals surface area contributed by atoms with E-state index in [1.165, 1.54) is 11.8 Å². The first kappa shape index (κ1) is 21.7. The lowest BCUT2D eigenvalue weighted by molar-refractivity contribution is -0.119. The molecule has 0 heterocycles. The van der Waals surface area contributed by atoms with Gasteiger partial charge in [-0.25, -0.2) is 0 Å². The lowest BCUT2D eigenvalue weighted by atomic mass is 10.3. The Kier molecular flexibility index (Phi) is 8.31. The highest BCUT2D eigenvalue weighted by molar-refractivity contribution is 8.00. The summed E-state index contributed by atoms with van der Waals surface area (Å²) in [6, 6.07) is 13.9. The van der Waals surface area contributed by atoms with Crippen LogP contribution in [0.15, 0.2) is 53.4 Å². The molecular formula is C19H21ClN4O3S. The fourth-order valence-electron chi connectivity index (χ4n) is 2.31. The molecule has 0 aliphatic rings. The zero-order valence-electron chi connectivity index (χ0n) is 15.3. The molecule has 2 aromatic carbocycles. The summed E-state index contributed by atoms with van der Waals surface area (Å²) in [6.45, 7) is 0.0803. The number of rotatable bonds is 9. The molecule has 0 saturated carbocycles. The number of thioether (sulfide) groups is 1. The molecule has 0 aromatic heterocycles. The fraction of sp³-hybridized carbons (Fsp3) is 0.211. The molecule has 0 saturated heterocycles. The van der Waals surface area contributed by atoms with Crippen LogP contribution < -0.4 is 16.4 Å². The van der Waals surface area contributed by atoms with Crippen molar-refractivity contribution in [3.05, 3.63) is 53.6 Å². The minimum Gasteiger partial charge on any atom is -0.369 e. The Balaban J connectivity index is 1.84. The quantitative estimate of drug-likeness (QED) is 0.540. The summed E-state index contributed by atoms with van der Waals surface area (Å²) in [5.41, 5.74) is 6.40. The Labute approximate surface area is 172 Å². The smallest absolute Gasteiger partial charge is 0.238 e. The van der Waals surface area contributed by atoms with E-state index in [-0.39, 0.29) is 30.7 Å². The minimum atomic E-state index is -0.433. The minimum absolute atomic E-state index is 0.0306. The molecule has 0 radical (unpaired) electrons. The Morgan fingerprint density at radius 1 is 1.00 bits per heavy atom. The largest absolute Gasteiger partial charge is 0.369 e. The third-order valence-corrected chi connectivity index (χ3v) is 4.83. The van der Waals surface area contributed by atoms with Gasteiger partial charge in [0.05, 0.1) is 24.5 Å². The molecule has 9 heteroatoms. The number of primary amides is 1. The molecule has 0 atom stereocenters. The van der Waals surface area contributed by atoms with E-state index in [2.05, 4.69) is 10.6 Å². The maximum absolute atomic E-state index is 12.3. The number of carbonyl (C=O) groups is 3. The highest BCUT2D eigenvalue weighted by atomic mass is 35.5. The first-order chi connectivity index (χ1) is 13.3. The number of para-hydroxylation sites is 1.